The first-order valence-corrected chi connectivity index (χ1v) is 3.33. The van der Waals surface area contributed by atoms with E-state index in [1.54, 1.807) is 0 Å². The van der Waals surface area contributed by atoms with E-state index in [9.17, 15) is 0 Å². The second kappa shape index (κ2) is 10.8. The Bertz CT molecular complexity index is 154. The summed E-state index contributed by atoms with van der Waals surface area (Å²) in [6.07, 6.45) is 0. The standard InChI is InChI=1S/2C5H5.Fe.Li.H/c2*1-2-4-5-3-1;;;/h2*1-5H;;;/q-5;-1;;+1;-1. The van der Waals surface area contributed by atoms with Crippen LogP contribution in [0.25, 0.3) is 0 Å². The molecule has 0 bridgehead atoms. The van der Waals surface area contributed by atoms with E-state index in [1.165, 1.54) is 0 Å². The van der Waals surface area contributed by atoms with Crippen molar-refractivity contribution in [3.63, 3.8) is 0 Å². The molecule has 0 radical (unpaired) electrons. The van der Waals surface area contributed by atoms with Crippen molar-refractivity contribution in [2.45, 2.75) is 0 Å². The second-order valence-corrected chi connectivity index (χ2v) is 1.92. The van der Waals surface area contributed by atoms with Gasteiger partial charge in [0, 0.05) is 17.1 Å². The van der Waals surface area contributed by atoms with Gasteiger partial charge in [-0.3, -0.25) is 0 Å². The quantitative estimate of drug-likeness (QED) is 0.406. The van der Waals surface area contributed by atoms with Gasteiger partial charge in [0.15, 0.2) is 0 Å². The predicted molar refractivity (Wildman–Crippen MR) is 45.2 cm³/mol. The summed E-state index contributed by atoms with van der Waals surface area (Å²) < 4.78 is 0. The van der Waals surface area contributed by atoms with Gasteiger partial charge in [-0.1, -0.05) is 0 Å². The smallest absolute Gasteiger partial charge is 1.00 e. The summed E-state index contributed by atoms with van der Waals surface area (Å²) in [5.74, 6) is 0. The number of hydrogen-bond acceptors (Lipinski definition) is 0. The minimum Gasteiger partial charge on any atom is -1.00 e. The Kier molecular flexibility index (Phi) is 12.9. The fourth-order valence-corrected chi connectivity index (χ4v) is 0.642. The van der Waals surface area contributed by atoms with E-state index < -0.39 is 0 Å². The summed E-state index contributed by atoms with van der Waals surface area (Å²) in [5.41, 5.74) is 0. The Morgan fingerprint density at radius 2 is 1.08 bits per heavy atom. The minimum atomic E-state index is 0. The van der Waals surface area contributed by atoms with Gasteiger partial charge in [-0.05, 0) is 0 Å². The maximum absolute atomic E-state index is 2.00. The normalized spacial score (nSPS) is 6.67. The van der Waals surface area contributed by atoms with Crippen molar-refractivity contribution >= 4 is 0 Å². The van der Waals surface area contributed by atoms with Gasteiger partial charge in [-0.15, -0.1) is 0 Å². The van der Waals surface area contributed by atoms with E-state index in [4.69, 9.17) is 0 Å². The number of hydrogen-bond donors (Lipinski definition) is 0. The Hall–Kier alpha value is -0.183. The molecular formula is C10H11FeLi-6. The van der Waals surface area contributed by atoms with Crippen LogP contribution in [0.2, 0.25) is 0 Å². The third kappa shape index (κ3) is 7.92. The van der Waals surface area contributed by atoms with Crippen LogP contribution >= 0.6 is 0 Å². The molecule has 0 heterocycles. The first-order valence-electron chi connectivity index (χ1n) is 3.33. The maximum Gasteiger partial charge on any atom is 1.00 e. The van der Waals surface area contributed by atoms with Gasteiger partial charge in [0.2, 0.25) is 0 Å². The molecule has 2 aromatic rings. The molecule has 0 unspecified atom stereocenters. The zero-order chi connectivity index (χ0) is 7.07. The molecule has 0 spiro atoms. The molecule has 2 heteroatoms. The van der Waals surface area contributed by atoms with Crippen LogP contribution in [0.4, 0.5) is 0 Å². The summed E-state index contributed by atoms with van der Waals surface area (Å²) in [4.78, 5) is 0. The molecule has 0 aliphatic heterocycles. The summed E-state index contributed by atoms with van der Waals surface area (Å²) >= 11 is 0. The van der Waals surface area contributed by atoms with Gasteiger partial charge >= 0.3 is 18.9 Å². The maximum atomic E-state index is 2.00. The van der Waals surface area contributed by atoms with E-state index in [0.29, 0.717) is 0 Å². The van der Waals surface area contributed by atoms with E-state index in [2.05, 4.69) is 0 Å². The molecule has 0 atom stereocenters. The second-order valence-electron chi connectivity index (χ2n) is 1.92. The Morgan fingerprint density at radius 1 is 0.750 bits per heavy atom. The van der Waals surface area contributed by atoms with Crippen molar-refractivity contribution < 1.29 is 37.4 Å². The van der Waals surface area contributed by atoms with Crippen LogP contribution in [0, 0.1) is 0 Å². The summed E-state index contributed by atoms with van der Waals surface area (Å²) in [7, 11) is 0. The predicted octanol–water partition coefficient (Wildman–Crippen LogP) is -0.0750. The Labute approximate surface area is 97.9 Å². The zero-order valence-corrected chi connectivity index (χ0v) is 8.23. The summed E-state index contributed by atoms with van der Waals surface area (Å²) in [6.45, 7) is 0. The molecule has 2 rings (SSSR count). The first-order chi connectivity index (χ1) is 5.00. The van der Waals surface area contributed by atoms with Crippen LogP contribution in [0.15, 0.2) is 60.7 Å². The van der Waals surface area contributed by atoms with Crippen molar-refractivity contribution in [2.75, 3.05) is 0 Å². The molecule has 66 valence electrons. The van der Waals surface area contributed by atoms with Crippen molar-refractivity contribution in [1.82, 2.24) is 0 Å². The number of rotatable bonds is 0. The summed E-state index contributed by atoms with van der Waals surface area (Å²) in [6, 6.07) is 20.0. The van der Waals surface area contributed by atoms with Crippen molar-refractivity contribution in [1.29, 1.82) is 0 Å². The van der Waals surface area contributed by atoms with Crippen LogP contribution in [0.1, 0.15) is 1.43 Å². The SMILES string of the molecule is [Fe].[H-].[Li+].[cH-]1[cH-][cH-][cH-][cH-]1.c1cc[cH-]c1. The van der Waals surface area contributed by atoms with Crippen LogP contribution in [0.5, 0.6) is 0 Å². The van der Waals surface area contributed by atoms with E-state index >= 15 is 0 Å². The average Bonchev–Trinajstić information content (AvgIpc) is 2.67. The molecule has 0 aliphatic carbocycles. The fraction of sp³-hybridized carbons (Fsp3) is 0. The zero-order valence-electron chi connectivity index (χ0n) is 8.13. The first kappa shape index (κ1) is 14.3. The van der Waals surface area contributed by atoms with Crippen LogP contribution < -0.4 is 18.9 Å². The van der Waals surface area contributed by atoms with E-state index in [1.807, 2.05) is 60.7 Å². The molecule has 0 fully saturated rings. The minimum absolute atomic E-state index is 0. The van der Waals surface area contributed by atoms with Gasteiger partial charge in [0.1, 0.15) is 0 Å². The molecule has 0 aromatic heterocycles. The van der Waals surface area contributed by atoms with Crippen LogP contribution in [0.3, 0.4) is 0 Å². The molecule has 0 saturated carbocycles. The molecule has 0 saturated heterocycles. The average molecular weight is 194 g/mol. The van der Waals surface area contributed by atoms with Crippen molar-refractivity contribution in [3.05, 3.63) is 60.7 Å². The van der Waals surface area contributed by atoms with Gasteiger partial charge in [-0.25, -0.2) is 12.1 Å². The van der Waals surface area contributed by atoms with Gasteiger partial charge in [0.25, 0.3) is 0 Å². The van der Waals surface area contributed by atoms with Crippen molar-refractivity contribution in [2.24, 2.45) is 0 Å². The summed E-state index contributed by atoms with van der Waals surface area (Å²) in [5, 5.41) is 0. The molecule has 12 heavy (non-hydrogen) atoms. The topological polar surface area (TPSA) is 0 Å². The van der Waals surface area contributed by atoms with Gasteiger partial charge < -0.3 is 31.8 Å². The molecular weight excluding hydrogens is 183 g/mol. The largest absolute Gasteiger partial charge is 1.00 e. The van der Waals surface area contributed by atoms with Crippen molar-refractivity contribution in [3.8, 4) is 0 Å². The fourth-order valence-electron chi connectivity index (χ4n) is 0.642. The Morgan fingerprint density at radius 3 is 1.25 bits per heavy atom. The third-order valence-corrected chi connectivity index (χ3v) is 1.11. The molecule has 0 nitrogen and oxygen atoms in total. The third-order valence-electron chi connectivity index (χ3n) is 1.11. The van der Waals surface area contributed by atoms with Crippen LogP contribution in [-0.2, 0) is 17.1 Å². The molecule has 2 aromatic carbocycles. The monoisotopic (exact) mass is 194 g/mol. The van der Waals surface area contributed by atoms with Gasteiger partial charge in [0.05, 0.1) is 0 Å². The molecule has 0 amide bonds. The molecule has 0 N–H and O–H groups in total. The van der Waals surface area contributed by atoms with E-state index in [0.717, 1.165) is 0 Å². The Balaban J connectivity index is -0.000000125. The van der Waals surface area contributed by atoms with E-state index in [-0.39, 0.29) is 37.4 Å². The van der Waals surface area contributed by atoms with Gasteiger partial charge in [-0.2, -0.15) is 18.2 Å². The van der Waals surface area contributed by atoms with Crippen LogP contribution in [-0.4, -0.2) is 0 Å². The molecule has 0 aliphatic rings.